The van der Waals surface area contributed by atoms with Crippen LogP contribution in [0.3, 0.4) is 0 Å². The predicted molar refractivity (Wildman–Crippen MR) is 54.0 cm³/mol. The van der Waals surface area contributed by atoms with Gasteiger partial charge in [0.25, 0.3) is 0 Å². The number of hydrogen-bond donors (Lipinski definition) is 0. The Balaban J connectivity index is 2.22. The zero-order chi connectivity index (χ0) is 10.8. The number of nitrogens with zero attached hydrogens (tertiary/aromatic N) is 3. The normalized spacial score (nSPS) is 20.7. The quantitative estimate of drug-likeness (QED) is 0.547. The van der Waals surface area contributed by atoms with Gasteiger partial charge in [0, 0.05) is 25.4 Å². The number of anilines is 1. The summed E-state index contributed by atoms with van der Waals surface area (Å²) in [5.74, 6) is 0.211. The Morgan fingerprint density at radius 2 is 2.13 bits per heavy atom. The Morgan fingerprint density at radius 1 is 1.47 bits per heavy atom. The van der Waals surface area contributed by atoms with Crippen molar-refractivity contribution in [2.75, 3.05) is 11.4 Å². The summed E-state index contributed by atoms with van der Waals surface area (Å²) in [5, 5.41) is -0.188. The molecule has 6 heteroatoms. The van der Waals surface area contributed by atoms with Gasteiger partial charge >= 0.3 is 0 Å². The molecular formula is C9H8ClN3O2. The fourth-order valence-corrected chi connectivity index (χ4v) is 1.66. The Kier molecular flexibility index (Phi) is 2.64. The van der Waals surface area contributed by atoms with Crippen molar-refractivity contribution in [3.8, 4) is 0 Å². The van der Waals surface area contributed by atoms with E-state index >= 15 is 0 Å². The maximum Gasteiger partial charge on any atom is 0.232 e. The van der Waals surface area contributed by atoms with E-state index in [0.717, 1.165) is 0 Å². The van der Waals surface area contributed by atoms with Gasteiger partial charge in [0.1, 0.15) is 0 Å². The molecule has 0 bridgehead atoms. The monoisotopic (exact) mass is 225 g/mol. The third kappa shape index (κ3) is 1.97. The molecule has 2 heterocycles. The second-order valence-electron chi connectivity index (χ2n) is 3.24. The molecule has 1 aromatic rings. The van der Waals surface area contributed by atoms with E-state index in [2.05, 4.69) is 9.97 Å². The maximum absolute atomic E-state index is 11.4. The van der Waals surface area contributed by atoms with Crippen molar-refractivity contribution < 1.29 is 9.59 Å². The highest BCUT2D eigenvalue weighted by Crippen LogP contribution is 2.20. The number of aldehydes is 1. The summed E-state index contributed by atoms with van der Waals surface area (Å²) in [6.07, 6.45) is 3.72. The average molecular weight is 226 g/mol. The summed E-state index contributed by atoms with van der Waals surface area (Å²) in [7, 11) is 0. The summed E-state index contributed by atoms with van der Waals surface area (Å²) < 4.78 is 0. The molecule has 1 unspecified atom stereocenters. The van der Waals surface area contributed by atoms with Crippen LogP contribution in [0.5, 0.6) is 0 Å². The van der Waals surface area contributed by atoms with Gasteiger partial charge in [-0.15, -0.1) is 11.6 Å². The molecule has 0 aliphatic carbocycles. The fourth-order valence-electron chi connectivity index (χ4n) is 1.39. The standard InChI is InChI=1S/C9H8ClN3O2/c10-7-1-8(15)13(4-7)9-11-2-6(5-14)3-12-9/h2-3,5,7H,1,4H2. The first-order valence-corrected chi connectivity index (χ1v) is 4.86. The summed E-state index contributed by atoms with van der Waals surface area (Å²) in [6, 6.07) is 0. The molecule has 1 aliphatic rings. The van der Waals surface area contributed by atoms with Crippen molar-refractivity contribution in [3.63, 3.8) is 0 Å². The van der Waals surface area contributed by atoms with Crippen LogP contribution in [-0.4, -0.2) is 34.1 Å². The fraction of sp³-hybridized carbons (Fsp3) is 0.333. The van der Waals surface area contributed by atoms with Crippen LogP contribution in [0.4, 0.5) is 5.95 Å². The smallest absolute Gasteiger partial charge is 0.232 e. The lowest BCUT2D eigenvalue weighted by Crippen LogP contribution is -2.26. The third-order valence-corrected chi connectivity index (χ3v) is 2.41. The number of carbonyl (C=O) groups excluding carboxylic acids is 2. The average Bonchev–Trinajstić information content (AvgIpc) is 2.58. The van der Waals surface area contributed by atoms with Crippen molar-refractivity contribution >= 4 is 29.7 Å². The van der Waals surface area contributed by atoms with Crippen molar-refractivity contribution in [1.82, 2.24) is 9.97 Å². The van der Waals surface area contributed by atoms with Gasteiger partial charge in [0.15, 0.2) is 6.29 Å². The Hall–Kier alpha value is -1.49. The minimum absolute atomic E-state index is 0.0890. The lowest BCUT2D eigenvalue weighted by Gasteiger charge is -2.12. The first kappa shape index (κ1) is 10.0. The molecule has 1 aromatic heterocycles. The first-order valence-electron chi connectivity index (χ1n) is 4.42. The van der Waals surface area contributed by atoms with Gasteiger partial charge in [-0.05, 0) is 0 Å². The van der Waals surface area contributed by atoms with E-state index in [-0.39, 0.29) is 11.3 Å². The molecule has 0 spiro atoms. The summed E-state index contributed by atoms with van der Waals surface area (Å²) in [5.41, 5.74) is 0.382. The van der Waals surface area contributed by atoms with Gasteiger partial charge in [0.2, 0.25) is 11.9 Å². The van der Waals surface area contributed by atoms with Crippen LogP contribution in [0.2, 0.25) is 0 Å². The highest BCUT2D eigenvalue weighted by molar-refractivity contribution is 6.24. The van der Waals surface area contributed by atoms with Crippen LogP contribution in [0.25, 0.3) is 0 Å². The second kappa shape index (κ2) is 3.94. The van der Waals surface area contributed by atoms with E-state index in [1.165, 1.54) is 17.3 Å². The zero-order valence-corrected chi connectivity index (χ0v) is 8.52. The third-order valence-electron chi connectivity index (χ3n) is 2.11. The molecule has 0 saturated carbocycles. The first-order chi connectivity index (χ1) is 7.20. The molecule has 1 saturated heterocycles. The zero-order valence-electron chi connectivity index (χ0n) is 7.76. The topological polar surface area (TPSA) is 63.2 Å². The van der Waals surface area contributed by atoms with Crippen LogP contribution in [0.15, 0.2) is 12.4 Å². The molecule has 2 rings (SSSR count). The summed E-state index contributed by atoms with van der Waals surface area (Å²) in [4.78, 5) is 31.1. The van der Waals surface area contributed by atoms with Crippen molar-refractivity contribution in [2.45, 2.75) is 11.8 Å². The lowest BCUT2D eigenvalue weighted by atomic mass is 10.4. The van der Waals surface area contributed by atoms with Crippen LogP contribution in [-0.2, 0) is 4.79 Å². The van der Waals surface area contributed by atoms with Gasteiger partial charge in [0.05, 0.1) is 10.9 Å². The number of alkyl halides is 1. The molecule has 5 nitrogen and oxygen atoms in total. The van der Waals surface area contributed by atoms with Crippen LogP contribution < -0.4 is 4.90 Å². The number of rotatable bonds is 2. The van der Waals surface area contributed by atoms with Gasteiger partial charge in [-0.25, -0.2) is 9.97 Å². The minimum atomic E-state index is -0.188. The molecule has 0 N–H and O–H groups in total. The van der Waals surface area contributed by atoms with Crippen LogP contribution >= 0.6 is 11.6 Å². The van der Waals surface area contributed by atoms with Gasteiger partial charge in [-0.3, -0.25) is 14.5 Å². The van der Waals surface area contributed by atoms with E-state index in [9.17, 15) is 9.59 Å². The van der Waals surface area contributed by atoms with E-state index < -0.39 is 0 Å². The van der Waals surface area contributed by atoms with Gasteiger partial charge in [-0.1, -0.05) is 0 Å². The number of hydrogen-bond acceptors (Lipinski definition) is 4. The highest BCUT2D eigenvalue weighted by Gasteiger charge is 2.30. The Bertz CT molecular complexity index is 393. The molecular weight excluding hydrogens is 218 g/mol. The van der Waals surface area contributed by atoms with E-state index in [1.54, 1.807) is 0 Å². The van der Waals surface area contributed by atoms with Gasteiger partial charge < -0.3 is 0 Å². The molecule has 1 aliphatic heterocycles. The number of carbonyl (C=O) groups is 2. The second-order valence-corrected chi connectivity index (χ2v) is 3.86. The van der Waals surface area contributed by atoms with Crippen molar-refractivity contribution in [1.29, 1.82) is 0 Å². The maximum atomic E-state index is 11.4. The number of amides is 1. The number of halogens is 1. The van der Waals surface area contributed by atoms with Crippen LogP contribution in [0, 0.1) is 0 Å². The largest absolute Gasteiger partial charge is 0.298 e. The molecule has 1 fully saturated rings. The predicted octanol–water partition coefficient (Wildman–Crippen LogP) is 0.633. The SMILES string of the molecule is O=Cc1cnc(N2CC(Cl)CC2=O)nc1. The highest BCUT2D eigenvalue weighted by atomic mass is 35.5. The van der Waals surface area contributed by atoms with Gasteiger partial charge in [-0.2, -0.15) is 0 Å². The van der Waals surface area contributed by atoms with Crippen molar-refractivity contribution in [2.24, 2.45) is 0 Å². The van der Waals surface area contributed by atoms with E-state index in [1.807, 2.05) is 0 Å². The minimum Gasteiger partial charge on any atom is -0.298 e. The van der Waals surface area contributed by atoms with Crippen molar-refractivity contribution in [3.05, 3.63) is 18.0 Å². The van der Waals surface area contributed by atoms with Crippen LogP contribution in [0.1, 0.15) is 16.8 Å². The molecule has 78 valence electrons. The van der Waals surface area contributed by atoms with E-state index in [0.29, 0.717) is 30.8 Å². The molecule has 15 heavy (non-hydrogen) atoms. The molecule has 1 amide bonds. The summed E-state index contributed by atoms with van der Waals surface area (Å²) in [6.45, 7) is 0.417. The summed E-state index contributed by atoms with van der Waals surface area (Å²) >= 11 is 5.84. The molecule has 0 radical (unpaired) electrons. The molecule has 1 atom stereocenters. The molecule has 0 aromatic carbocycles. The Morgan fingerprint density at radius 3 is 2.60 bits per heavy atom. The Labute approximate surface area is 91.1 Å². The van der Waals surface area contributed by atoms with E-state index in [4.69, 9.17) is 11.6 Å². The lowest BCUT2D eigenvalue weighted by molar-refractivity contribution is -0.117. The number of aromatic nitrogens is 2.